The van der Waals surface area contributed by atoms with E-state index in [0.29, 0.717) is 0 Å². The van der Waals surface area contributed by atoms with Crippen LogP contribution in [0.25, 0.3) is 11.3 Å². The van der Waals surface area contributed by atoms with Crippen molar-refractivity contribution in [2.24, 2.45) is 0 Å². The van der Waals surface area contributed by atoms with E-state index >= 15 is 0 Å². The SMILES string of the molecule is Cc1cc(-c2ccccc2)ncc1CC(=O)O. The van der Waals surface area contributed by atoms with E-state index in [9.17, 15) is 4.79 Å². The Balaban J connectivity index is 2.34. The van der Waals surface area contributed by atoms with E-state index in [-0.39, 0.29) is 6.42 Å². The molecular formula is C14H13NO2. The lowest BCUT2D eigenvalue weighted by atomic mass is 10.0. The number of aromatic nitrogens is 1. The van der Waals surface area contributed by atoms with Crippen LogP contribution in [0.5, 0.6) is 0 Å². The number of aliphatic carboxylic acids is 1. The number of carboxylic acids is 1. The third kappa shape index (κ3) is 2.69. The predicted octanol–water partition coefficient (Wildman–Crippen LogP) is 2.68. The molecule has 0 aliphatic heterocycles. The Labute approximate surface area is 99.8 Å². The lowest BCUT2D eigenvalue weighted by Gasteiger charge is -2.06. The van der Waals surface area contributed by atoms with Crippen LogP contribution in [0, 0.1) is 6.92 Å². The highest BCUT2D eigenvalue weighted by Crippen LogP contribution is 2.19. The molecule has 0 bridgehead atoms. The molecule has 86 valence electrons. The van der Waals surface area contributed by atoms with Gasteiger partial charge in [0.1, 0.15) is 0 Å². The van der Waals surface area contributed by atoms with E-state index in [1.807, 2.05) is 43.3 Å². The van der Waals surface area contributed by atoms with Gasteiger partial charge in [-0.2, -0.15) is 0 Å². The number of rotatable bonds is 3. The second kappa shape index (κ2) is 4.78. The van der Waals surface area contributed by atoms with Gasteiger partial charge in [-0.05, 0) is 24.1 Å². The summed E-state index contributed by atoms with van der Waals surface area (Å²) in [5.41, 5.74) is 3.63. The number of carboxylic acid groups (broad SMARTS) is 1. The van der Waals surface area contributed by atoms with Crippen LogP contribution in [0.3, 0.4) is 0 Å². The average Bonchev–Trinajstić information content (AvgIpc) is 2.32. The van der Waals surface area contributed by atoms with E-state index in [4.69, 9.17) is 5.11 Å². The fraction of sp³-hybridized carbons (Fsp3) is 0.143. The lowest BCUT2D eigenvalue weighted by molar-refractivity contribution is -0.136. The minimum atomic E-state index is -0.831. The Hall–Kier alpha value is -2.16. The van der Waals surface area contributed by atoms with Crippen molar-refractivity contribution in [1.82, 2.24) is 4.98 Å². The van der Waals surface area contributed by atoms with Crippen molar-refractivity contribution >= 4 is 5.97 Å². The Kier molecular flexibility index (Phi) is 3.19. The second-order valence-electron chi connectivity index (χ2n) is 3.93. The van der Waals surface area contributed by atoms with Crippen molar-refractivity contribution in [2.75, 3.05) is 0 Å². The summed E-state index contributed by atoms with van der Waals surface area (Å²) in [4.78, 5) is 14.9. The van der Waals surface area contributed by atoms with Gasteiger partial charge in [-0.3, -0.25) is 9.78 Å². The molecule has 0 saturated heterocycles. The fourth-order valence-electron chi connectivity index (χ4n) is 1.70. The molecule has 0 aliphatic rings. The number of pyridine rings is 1. The Morgan fingerprint density at radius 3 is 2.59 bits per heavy atom. The summed E-state index contributed by atoms with van der Waals surface area (Å²) in [5, 5.41) is 8.75. The van der Waals surface area contributed by atoms with E-state index in [0.717, 1.165) is 22.4 Å². The minimum absolute atomic E-state index is 0.0217. The molecule has 0 unspecified atom stereocenters. The van der Waals surface area contributed by atoms with E-state index in [1.165, 1.54) is 0 Å². The average molecular weight is 227 g/mol. The molecule has 0 fully saturated rings. The van der Waals surface area contributed by atoms with Gasteiger partial charge in [0.2, 0.25) is 0 Å². The molecule has 3 heteroatoms. The Bertz CT molecular complexity index is 535. The highest BCUT2D eigenvalue weighted by molar-refractivity contribution is 5.71. The molecule has 2 rings (SSSR count). The highest BCUT2D eigenvalue weighted by atomic mass is 16.4. The number of benzene rings is 1. The third-order valence-electron chi connectivity index (χ3n) is 2.63. The van der Waals surface area contributed by atoms with Crippen molar-refractivity contribution in [2.45, 2.75) is 13.3 Å². The molecular weight excluding hydrogens is 214 g/mol. The standard InChI is InChI=1S/C14H13NO2/c1-10-7-13(11-5-3-2-4-6-11)15-9-12(10)8-14(16)17/h2-7,9H,8H2,1H3,(H,16,17). The van der Waals surface area contributed by atoms with Gasteiger partial charge in [0, 0.05) is 11.8 Å². The first-order valence-electron chi connectivity index (χ1n) is 5.39. The van der Waals surface area contributed by atoms with Gasteiger partial charge in [-0.25, -0.2) is 0 Å². The van der Waals surface area contributed by atoms with Crippen LogP contribution in [-0.4, -0.2) is 16.1 Å². The molecule has 1 aromatic heterocycles. The highest BCUT2D eigenvalue weighted by Gasteiger charge is 2.06. The number of nitrogens with zero attached hydrogens (tertiary/aromatic N) is 1. The van der Waals surface area contributed by atoms with Crippen molar-refractivity contribution < 1.29 is 9.90 Å². The summed E-state index contributed by atoms with van der Waals surface area (Å²) in [7, 11) is 0. The third-order valence-corrected chi connectivity index (χ3v) is 2.63. The largest absolute Gasteiger partial charge is 0.481 e. The predicted molar refractivity (Wildman–Crippen MR) is 65.7 cm³/mol. The quantitative estimate of drug-likeness (QED) is 0.877. The van der Waals surface area contributed by atoms with Gasteiger partial charge in [0.05, 0.1) is 12.1 Å². The van der Waals surface area contributed by atoms with Crippen LogP contribution in [-0.2, 0) is 11.2 Å². The van der Waals surface area contributed by atoms with Crippen LogP contribution < -0.4 is 0 Å². The summed E-state index contributed by atoms with van der Waals surface area (Å²) in [6.07, 6.45) is 1.67. The van der Waals surface area contributed by atoms with Crippen LogP contribution in [0.1, 0.15) is 11.1 Å². The molecule has 0 radical (unpaired) electrons. The Morgan fingerprint density at radius 1 is 1.29 bits per heavy atom. The molecule has 17 heavy (non-hydrogen) atoms. The molecule has 2 aromatic rings. The molecule has 0 saturated carbocycles. The first-order valence-corrected chi connectivity index (χ1v) is 5.39. The topological polar surface area (TPSA) is 50.2 Å². The number of aryl methyl sites for hydroxylation is 1. The number of carbonyl (C=O) groups is 1. The van der Waals surface area contributed by atoms with Crippen LogP contribution in [0.2, 0.25) is 0 Å². The van der Waals surface area contributed by atoms with Crippen molar-refractivity contribution in [1.29, 1.82) is 0 Å². The molecule has 1 N–H and O–H groups in total. The van der Waals surface area contributed by atoms with Crippen LogP contribution in [0.4, 0.5) is 0 Å². The maximum Gasteiger partial charge on any atom is 0.307 e. The fourth-order valence-corrected chi connectivity index (χ4v) is 1.70. The van der Waals surface area contributed by atoms with Gasteiger partial charge in [-0.15, -0.1) is 0 Å². The van der Waals surface area contributed by atoms with Gasteiger partial charge in [0.15, 0.2) is 0 Å². The van der Waals surface area contributed by atoms with Gasteiger partial charge in [-0.1, -0.05) is 30.3 Å². The number of hydrogen-bond donors (Lipinski definition) is 1. The van der Waals surface area contributed by atoms with Crippen LogP contribution in [0.15, 0.2) is 42.6 Å². The van der Waals surface area contributed by atoms with Crippen molar-refractivity contribution in [3.05, 3.63) is 53.7 Å². The first kappa shape index (κ1) is 11.3. The van der Waals surface area contributed by atoms with Crippen molar-refractivity contribution in [3.63, 3.8) is 0 Å². The van der Waals surface area contributed by atoms with Gasteiger partial charge < -0.3 is 5.11 Å². The smallest absolute Gasteiger partial charge is 0.307 e. The monoisotopic (exact) mass is 227 g/mol. The molecule has 1 aromatic carbocycles. The second-order valence-corrected chi connectivity index (χ2v) is 3.93. The lowest BCUT2D eigenvalue weighted by Crippen LogP contribution is -2.03. The molecule has 0 amide bonds. The maximum absolute atomic E-state index is 10.6. The normalized spacial score (nSPS) is 10.2. The molecule has 3 nitrogen and oxygen atoms in total. The Morgan fingerprint density at radius 2 is 2.00 bits per heavy atom. The molecule has 0 aliphatic carbocycles. The first-order chi connectivity index (χ1) is 8.16. The van der Waals surface area contributed by atoms with E-state index in [1.54, 1.807) is 6.20 Å². The minimum Gasteiger partial charge on any atom is -0.481 e. The summed E-state index contributed by atoms with van der Waals surface area (Å²) in [5.74, 6) is -0.831. The molecule has 1 heterocycles. The number of hydrogen-bond acceptors (Lipinski definition) is 2. The zero-order valence-corrected chi connectivity index (χ0v) is 9.55. The summed E-state index contributed by atoms with van der Waals surface area (Å²) in [6, 6.07) is 11.8. The van der Waals surface area contributed by atoms with Crippen LogP contribution >= 0.6 is 0 Å². The zero-order valence-electron chi connectivity index (χ0n) is 9.55. The zero-order chi connectivity index (χ0) is 12.3. The van der Waals surface area contributed by atoms with E-state index < -0.39 is 5.97 Å². The maximum atomic E-state index is 10.6. The molecule has 0 atom stereocenters. The summed E-state index contributed by atoms with van der Waals surface area (Å²) in [6.45, 7) is 1.91. The summed E-state index contributed by atoms with van der Waals surface area (Å²) >= 11 is 0. The van der Waals surface area contributed by atoms with E-state index in [2.05, 4.69) is 4.98 Å². The molecule has 0 spiro atoms. The van der Waals surface area contributed by atoms with Gasteiger partial charge >= 0.3 is 5.97 Å². The summed E-state index contributed by atoms with van der Waals surface area (Å²) < 4.78 is 0. The van der Waals surface area contributed by atoms with Gasteiger partial charge in [0.25, 0.3) is 0 Å². The van der Waals surface area contributed by atoms with Crippen molar-refractivity contribution in [3.8, 4) is 11.3 Å².